The van der Waals surface area contributed by atoms with E-state index >= 15 is 0 Å². The zero-order valence-corrected chi connectivity index (χ0v) is 10.3. The zero-order chi connectivity index (χ0) is 13.7. The average Bonchev–Trinajstić information content (AvgIpc) is 2.77. The number of aromatic nitrogens is 4. The molecule has 0 aliphatic heterocycles. The molecule has 1 amide bonds. The molecule has 1 aromatic heterocycles. The number of nitrogens with one attached hydrogen (secondary N) is 1. The highest BCUT2D eigenvalue weighted by Crippen LogP contribution is 1.99. The van der Waals surface area contributed by atoms with Crippen LogP contribution < -0.4 is 11.2 Å². The molecule has 8 heteroatoms. The van der Waals surface area contributed by atoms with Crippen LogP contribution in [0.15, 0.2) is 29.4 Å². The first-order valence-electron chi connectivity index (χ1n) is 5.55. The van der Waals surface area contributed by atoms with Crippen LogP contribution in [0.2, 0.25) is 0 Å². The van der Waals surface area contributed by atoms with E-state index in [1.54, 1.807) is 6.21 Å². The fraction of sp³-hybridized carbons (Fsp3) is 0.182. The van der Waals surface area contributed by atoms with Gasteiger partial charge in [-0.25, -0.2) is 5.43 Å². The van der Waals surface area contributed by atoms with Crippen molar-refractivity contribution in [2.75, 3.05) is 5.73 Å². The number of carbonyl (C=O) groups excluding carboxylic acids is 1. The van der Waals surface area contributed by atoms with Gasteiger partial charge in [0.25, 0.3) is 11.9 Å². The van der Waals surface area contributed by atoms with Crippen molar-refractivity contribution in [3.8, 4) is 0 Å². The molecule has 0 aliphatic rings. The highest BCUT2D eigenvalue weighted by Gasteiger charge is 2.04. The van der Waals surface area contributed by atoms with Crippen LogP contribution in [0.1, 0.15) is 11.1 Å². The second-order valence-corrected chi connectivity index (χ2v) is 3.88. The Bertz CT molecular complexity index is 587. The van der Waals surface area contributed by atoms with Crippen molar-refractivity contribution in [1.29, 1.82) is 0 Å². The van der Waals surface area contributed by atoms with Gasteiger partial charge in [0.2, 0.25) is 0 Å². The largest absolute Gasteiger partial charge is 0.365 e. The van der Waals surface area contributed by atoms with E-state index in [1.165, 1.54) is 0 Å². The third kappa shape index (κ3) is 3.87. The van der Waals surface area contributed by atoms with Gasteiger partial charge in [0.05, 0.1) is 6.21 Å². The van der Waals surface area contributed by atoms with E-state index in [0.717, 1.165) is 15.9 Å². The van der Waals surface area contributed by atoms with Crippen LogP contribution in [0.4, 0.5) is 5.95 Å². The Hall–Kier alpha value is -2.77. The van der Waals surface area contributed by atoms with Gasteiger partial charge < -0.3 is 5.73 Å². The Kier molecular flexibility index (Phi) is 3.81. The second kappa shape index (κ2) is 5.71. The van der Waals surface area contributed by atoms with Crippen molar-refractivity contribution >= 4 is 18.1 Å². The summed E-state index contributed by atoms with van der Waals surface area (Å²) in [6.07, 6.45) is 1.56. The first-order valence-corrected chi connectivity index (χ1v) is 5.55. The van der Waals surface area contributed by atoms with Crippen molar-refractivity contribution in [3.05, 3.63) is 35.4 Å². The molecule has 1 heterocycles. The van der Waals surface area contributed by atoms with Crippen LogP contribution >= 0.6 is 0 Å². The van der Waals surface area contributed by atoms with Gasteiger partial charge in [-0.05, 0) is 17.7 Å². The maximum absolute atomic E-state index is 11.5. The monoisotopic (exact) mass is 259 g/mol. The first kappa shape index (κ1) is 12.7. The molecule has 0 saturated heterocycles. The van der Waals surface area contributed by atoms with E-state index in [4.69, 9.17) is 5.73 Å². The molecule has 0 spiro atoms. The number of tetrazole rings is 1. The van der Waals surface area contributed by atoms with E-state index in [9.17, 15) is 4.79 Å². The van der Waals surface area contributed by atoms with Crippen LogP contribution in [0.3, 0.4) is 0 Å². The zero-order valence-electron chi connectivity index (χ0n) is 10.3. The van der Waals surface area contributed by atoms with E-state index in [2.05, 4.69) is 25.9 Å². The summed E-state index contributed by atoms with van der Waals surface area (Å²) in [5.41, 5.74) is 9.70. The summed E-state index contributed by atoms with van der Waals surface area (Å²) in [7, 11) is 0. The fourth-order valence-electron chi connectivity index (χ4n) is 1.32. The fourth-order valence-corrected chi connectivity index (χ4v) is 1.32. The molecule has 3 N–H and O–H groups in total. The molecule has 2 aromatic rings. The number of nitrogens with zero attached hydrogens (tertiary/aromatic N) is 5. The van der Waals surface area contributed by atoms with Gasteiger partial charge in [-0.3, -0.25) is 4.79 Å². The summed E-state index contributed by atoms with van der Waals surface area (Å²) in [5.74, 6) is -0.336. The van der Waals surface area contributed by atoms with Gasteiger partial charge in [0.15, 0.2) is 0 Å². The summed E-state index contributed by atoms with van der Waals surface area (Å²) in [4.78, 5) is 12.6. The highest BCUT2D eigenvalue weighted by atomic mass is 16.2. The van der Waals surface area contributed by atoms with E-state index in [-0.39, 0.29) is 18.4 Å². The molecule has 0 atom stereocenters. The van der Waals surface area contributed by atoms with Crippen LogP contribution in [0, 0.1) is 6.92 Å². The Balaban J connectivity index is 1.84. The van der Waals surface area contributed by atoms with Crippen molar-refractivity contribution < 1.29 is 4.79 Å². The standard InChI is InChI=1S/C11H13N7O/c1-8-2-4-9(5-3-8)6-13-14-10(19)7-18-16-11(12)15-17-18/h2-6H,7H2,1H3,(H2,12,16)(H,14,19)/b13-6-. The Morgan fingerprint density at radius 1 is 1.47 bits per heavy atom. The molecule has 0 unspecified atom stereocenters. The van der Waals surface area contributed by atoms with Crippen LogP contribution in [0.5, 0.6) is 0 Å². The number of carbonyl (C=O) groups is 1. The highest BCUT2D eigenvalue weighted by molar-refractivity contribution is 5.82. The lowest BCUT2D eigenvalue weighted by molar-refractivity contribution is -0.122. The minimum atomic E-state index is -0.360. The number of hydrogen-bond donors (Lipinski definition) is 2. The topological polar surface area (TPSA) is 111 Å². The quantitative estimate of drug-likeness (QED) is 0.579. The number of nitrogens with two attached hydrogens (primary N) is 1. The van der Waals surface area contributed by atoms with Crippen molar-refractivity contribution in [3.63, 3.8) is 0 Å². The first-order chi connectivity index (χ1) is 9.13. The molecule has 2 rings (SSSR count). The Morgan fingerprint density at radius 2 is 2.21 bits per heavy atom. The summed E-state index contributed by atoms with van der Waals surface area (Å²) in [6.45, 7) is 1.91. The summed E-state index contributed by atoms with van der Waals surface area (Å²) in [5, 5.41) is 14.5. The Morgan fingerprint density at radius 3 is 2.84 bits per heavy atom. The lowest BCUT2D eigenvalue weighted by atomic mass is 10.2. The van der Waals surface area contributed by atoms with Crippen molar-refractivity contribution in [2.24, 2.45) is 5.10 Å². The summed E-state index contributed by atoms with van der Waals surface area (Å²) in [6, 6.07) is 7.74. The van der Waals surface area contributed by atoms with E-state index < -0.39 is 0 Å². The molecule has 0 fully saturated rings. The molecule has 8 nitrogen and oxygen atoms in total. The third-order valence-corrected chi connectivity index (χ3v) is 2.23. The number of nitrogen functional groups attached to an aromatic ring is 1. The SMILES string of the molecule is Cc1ccc(/C=N\NC(=O)Cn2nnc(N)n2)cc1. The average molecular weight is 259 g/mol. The van der Waals surface area contributed by atoms with E-state index in [1.807, 2.05) is 31.2 Å². The molecule has 0 radical (unpaired) electrons. The van der Waals surface area contributed by atoms with E-state index in [0.29, 0.717) is 0 Å². The predicted octanol–water partition coefficient (Wildman–Crippen LogP) is -0.286. The van der Waals surface area contributed by atoms with Gasteiger partial charge >= 0.3 is 0 Å². The maximum atomic E-state index is 11.5. The van der Waals surface area contributed by atoms with Gasteiger partial charge in [-0.1, -0.05) is 34.9 Å². The lowest BCUT2D eigenvalue weighted by Gasteiger charge is -1.98. The summed E-state index contributed by atoms with van der Waals surface area (Å²) >= 11 is 0. The number of amides is 1. The smallest absolute Gasteiger partial charge is 0.263 e. The normalized spacial score (nSPS) is 10.8. The molecule has 0 aliphatic carbocycles. The molecule has 0 saturated carbocycles. The predicted molar refractivity (Wildman–Crippen MR) is 69.1 cm³/mol. The molecule has 19 heavy (non-hydrogen) atoms. The Labute approximate surface area is 109 Å². The number of hydrogen-bond acceptors (Lipinski definition) is 6. The van der Waals surface area contributed by atoms with Crippen molar-refractivity contribution in [1.82, 2.24) is 25.6 Å². The minimum Gasteiger partial charge on any atom is -0.365 e. The number of benzene rings is 1. The van der Waals surface area contributed by atoms with Gasteiger partial charge in [0, 0.05) is 0 Å². The number of rotatable bonds is 4. The van der Waals surface area contributed by atoms with Gasteiger partial charge in [-0.15, -0.1) is 5.10 Å². The molecular formula is C11H13N7O. The molecule has 98 valence electrons. The van der Waals surface area contributed by atoms with Crippen LogP contribution in [0.25, 0.3) is 0 Å². The molecule has 0 bridgehead atoms. The van der Waals surface area contributed by atoms with Gasteiger partial charge in [-0.2, -0.15) is 9.90 Å². The number of anilines is 1. The van der Waals surface area contributed by atoms with Crippen LogP contribution in [-0.4, -0.2) is 32.3 Å². The lowest BCUT2D eigenvalue weighted by Crippen LogP contribution is -2.24. The minimum absolute atomic E-state index is 0.0240. The molecule has 1 aromatic carbocycles. The molecular weight excluding hydrogens is 246 g/mol. The van der Waals surface area contributed by atoms with Crippen molar-refractivity contribution in [2.45, 2.75) is 13.5 Å². The van der Waals surface area contributed by atoms with Gasteiger partial charge in [0.1, 0.15) is 6.54 Å². The van der Waals surface area contributed by atoms with Crippen LogP contribution in [-0.2, 0) is 11.3 Å². The third-order valence-electron chi connectivity index (χ3n) is 2.23. The number of aryl methyl sites for hydroxylation is 1. The number of hydrazone groups is 1. The maximum Gasteiger partial charge on any atom is 0.263 e. The summed E-state index contributed by atoms with van der Waals surface area (Å²) < 4.78 is 0. The second-order valence-electron chi connectivity index (χ2n) is 3.88.